The van der Waals surface area contributed by atoms with Crippen LogP contribution in [0.2, 0.25) is 0 Å². The molecule has 0 atom stereocenters. The SMILES string of the molecule is Cc1ccccc1.S.[B].[B][B].[B][B][B]. The van der Waals surface area contributed by atoms with Gasteiger partial charge >= 0.3 is 0 Å². The Balaban J connectivity index is -0.0000000633. The van der Waals surface area contributed by atoms with Crippen molar-refractivity contribution in [2.75, 3.05) is 0 Å². The van der Waals surface area contributed by atoms with E-state index in [0.717, 1.165) is 7.06 Å². The summed E-state index contributed by atoms with van der Waals surface area (Å²) in [5.41, 5.74) is 1.32. The average Bonchev–Trinajstić information content (AvgIpc) is 2.11. The summed E-state index contributed by atoms with van der Waals surface area (Å²) in [6, 6.07) is 10.3. The van der Waals surface area contributed by atoms with Gasteiger partial charge in [0.25, 0.3) is 0 Å². The van der Waals surface area contributed by atoms with Gasteiger partial charge in [-0.1, -0.05) is 35.9 Å². The van der Waals surface area contributed by atoms with Crippen molar-refractivity contribution in [3.05, 3.63) is 35.9 Å². The Kier molecular flexibility index (Phi) is 39.0. The smallest absolute Gasteiger partial charge is 0 e. The third-order valence-electron chi connectivity index (χ3n) is 0.940. The lowest BCUT2D eigenvalue weighted by molar-refractivity contribution is 1.48. The Bertz CT molecular complexity index is 160. The second-order valence-corrected chi connectivity index (χ2v) is 1.85. The number of benzene rings is 1. The van der Waals surface area contributed by atoms with Crippen LogP contribution in [0.3, 0.4) is 0 Å². The Morgan fingerprint density at radius 3 is 1.43 bits per heavy atom. The van der Waals surface area contributed by atoms with Gasteiger partial charge in [0.2, 0.25) is 0 Å². The highest BCUT2D eigenvalue weighted by molar-refractivity contribution is 7.59. The van der Waals surface area contributed by atoms with Crippen molar-refractivity contribution < 1.29 is 0 Å². The van der Waals surface area contributed by atoms with Gasteiger partial charge in [-0.05, 0) is 6.92 Å². The maximum absolute atomic E-state index is 4.50. The lowest BCUT2D eigenvalue weighted by atomic mass is 9.40. The van der Waals surface area contributed by atoms with Crippen LogP contribution in [0.4, 0.5) is 0 Å². The lowest BCUT2D eigenvalue weighted by Crippen LogP contribution is -1.79. The Labute approximate surface area is 103 Å². The first-order valence-corrected chi connectivity index (χ1v) is 3.41. The molecule has 0 N–H and O–H groups in total. The van der Waals surface area contributed by atoms with E-state index in [1.165, 1.54) is 5.56 Å². The molecule has 0 amide bonds. The van der Waals surface area contributed by atoms with Gasteiger partial charge in [-0.25, -0.2) is 0 Å². The average molecular weight is 191 g/mol. The standard InChI is InChI=1S/C7H8.B3.B2.B.H2S/c1-7-5-3-2-4-6-7;1-3-2;1-2;;/h2-6H,1H3;;;;1H2. The normalized spacial score (nSPS) is 5.50. The third-order valence-corrected chi connectivity index (χ3v) is 0.940. The highest BCUT2D eigenvalue weighted by Crippen LogP contribution is 1.92. The number of hydrogen-bond acceptors (Lipinski definition) is 0. The van der Waals surface area contributed by atoms with Crippen molar-refractivity contribution in [2.24, 2.45) is 0 Å². The van der Waals surface area contributed by atoms with E-state index < -0.39 is 0 Å². The fraction of sp³-hybridized carbons (Fsp3) is 0.143. The van der Waals surface area contributed by atoms with Crippen molar-refractivity contribution >= 4 is 59.9 Å². The fourth-order valence-electron chi connectivity index (χ4n) is 0.534. The molecule has 0 saturated heterocycles. The van der Waals surface area contributed by atoms with Gasteiger partial charge in [0, 0.05) is 46.4 Å². The molecule has 0 fully saturated rings. The summed E-state index contributed by atoms with van der Waals surface area (Å²) in [7, 11) is 18.0. The summed E-state index contributed by atoms with van der Waals surface area (Å²) in [6.07, 6.45) is 0. The van der Waals surface area contributed by atoms with Crippen molar-refractivity contribution in [3.63, 3.8) is 0 Å². The quantitative estimate of drug-likeness (QED) is 0.499. The monoisotopic (exact) mass is 192 g/mol. The summed E-state index contributed by atoms with van der Waals surface area (Å²) in [4.78, 5) is 0. The summed E-state index contributed by atoms with van der Waals surface area (Å²) in [5, 5.41) is 0. The van der Waals surface area contributed by atoms with Gasteiger partial charge in [0.15, 0.2) is 0 Å². The first-order chi connectivity index (χ1) is 5.81. The topological polar surface area (TPSA) is 0 Å². The van der Waals surface area contributed by atoms with E-state index in [0.29, 0.717) is 0 Å². The zero-order valence-corrected chi connectivity index (χ0v) is 9.35. The Morgan fingerprint density at radius 2 is 1.29 bits per heavy atom. The summed E-state index contributed by atoms with van der Waals surface area (Å²) >= 11 is 0. The molecule has 1 aromatic rings. The molecule has 0 nitrogen and oxygen atoms in total. The lowest BCUT2D eigenvalue weighted by Gasteiger charge is -1.82. The molecule has 0 aliphatic heterocycles. The molecule has 0 spiro atoms. The molecule has 14 heavy (non-hydrogen) atoms. The summed E-state index contributed by atoms with van der Waals surface area (Å²) in [5.74, 6) is 0. The Hall–Kier alpha value is -0.0404. The molecule has 0 aliphatic rings. The largest absolute Gasteiger partial charge is 0.197 e. The van der Waals surface area contributed by atoms with E-state index in [4.69, 9.17) is 0 Å². The maximum atomic E-state index is 4.50. The van der Waals surface area contributed by atoms with Crippen LogP contribution in [-0.2, 0) is 0 Å². The van der Waals surface area contributed by atoms with Crippen LogP contribution in [0.5, 0.6) is 0 Å². The predicted molar refractivity (Wildman–Crippen MR) is 76.1 cm³/mol. The molecule has 0 aromatic heterocycles. The predicted octanol–water partition coefficient (Wildman–Crippen LogP) is -0.177. The number of aryl methyl sites for hydroxylation is 1. The zero-order chi connectivity index (χ0) is 9.82. The molecule has 0 heterocycles. The molecular formula is C7H10B6S. The zero-order valence-electron chi connectivity index (χ0n) is 8.35. The van der Waals surface area contributed by atoms with Gasteiger partial charge < -0.3 is 0 Å². The van der Waals surface area contributed by atoms with Crippen molar-refractivity contribution in [1.29, 1.82) is 0 Å². The highest BCUT2D eigenvalue weighted by Gasteiger charge is 1.72. The van der Waals surface area contributed by atoms with Crippen LogP contribution in [0.1, 0.15) is 5.56 Å². The van der Waals surface area contributed by atoms with E-state index in [1.54, 1.807) is 0 Å². The van der Waals surface area contributed by atoms with Gasteiger partial charge in [-0.15, -0.1) is 0 Å². The summed E-state index contributed by atoms with van der Waals surface area (Å²) < 4.78 is 0. The minimum Gasteiger partial charge on any atom is -0.197 e. The minimum atomic E-state index is 0. The molecular weight excluding hydrogens is 181 g/mol. The highest BCUT2D eigenvalue weighted by atomic mass is 32.1. The molecule has 0 saturated carbocycles. The van der Waals surface area contributed by atoms with E-state index in [1.807, 2.05) is 18.2 Å². The molecule has 62 valence electrons. The van der Waals surface area contributed by atoms with E-state index in [2.05, 4.69) is 50.0 Å². The molecule has 1 rings (SSSR count). The van der Waals surface area contributed by atoms with Gasteiger partial charge in [0.1, 0.15) is 0 Å². The van der Waals surface area contributed by atoms with Crippen LogP contribution in [0.15, 0.2) is 30.3 Å². The van der Waals surface area contributed by atoms with Gasteiger partial charge in [-0.2, -0.15) is 13.5 Å². The van der Waals surface area contributed by atoms with Crippen LogP contribution in [0.25, 0.3) is 0 Å². The second kappa shape index (κ2) is 23.1. The van der Waals surface area contributed by atoms with Crippen molar-refractivity contribution in [1.82, 2.24) is 0 Å². The second-order valence-electron chi connectivity index (χ2n) is 1.85. The molecule has 7 heteroatoms. The summed E-state index contributed by atoms with van der Waals surface area (Å²) in [6.45, 7) is 2.08. The number of rotatable bonds is 0. The molecule has 1 aromatic carbocycles. The maximum Gasteiger partial charge on any atom is 0 e. The van der Waals surface area contributed by atoms with Crippen LogP contribution in [-0.4, -0.2) is 46.4 Å². The number of hydrogen-bond donors (Lipinski definition) is 0. The van der Waals surface area contributed by atoms with Crippen molar-refractivity contribution in [3.8, 4) is 0 Å². The minimum absolute atomic E-state index is 0. The van der Waals surface area contributed by atoms with Crippen LogP contribution < -0.4 is 0 Å². The van der Waals surface area contributed by atoms with E-state index in [-0.39, 0.29) is 21.9 Å². The molecule has 12 radical (unpaired) electrons. The Morgan fingerprint density at radius 1 is 1.00 bits per heavy atom. The van der Waals surface area contributed by atoms with E-state index >= 15 is 0 Å². The van der Waals surface area contributed by atoms with Crippen molar-refractivity contribution in [2.45, 2.75) is 6.92 Å². The van der Waals surface area contributed by atoms with Crippen LogP contribution in [0, 0.1) is 6.92 Å². The van der Waals surface area contributed by atoms with Gasteiger partial charge in [-0.3, -0.25) is 0 Å². The fourth-order valence-corrected chi connectivity index (χ4v) is 0.534. The first-order valence-electron chi connectivity index (χ1n) is 3.41. The van der Waals surface area contributed by atoms with E-state index in [9.17, 15) is 0 Å². The molecule has 0 aliphatic carbocycles. The molecule has 0 unspecified atom stereocenters. The van der Waals surface area contributed by atoms with Gasteiger partial charge in [0.05, 0.1) is 0 Å². The third kappa shape index (κ3) is 22.7. The van der Waals surface area contributed by atoms with Crippen LogP contribution >= 0.6 is 13.5 Å². The molecule has 0 bridgehead atoms. The first kappa shape index (κ1) is 23.6.